The second kappa shape index (κ2) is 6.28. The van der Waals surface area contributed by atoms with Crippen molar-refractivity contribution in [1.82, 2.24) is 0 Å². The summed E-state index contributed by atoms with van der Waals surface area (Å²) in [6, 6.07) is 7.28. The van der Waals surface area contributed by atoms with E-state index in [2.05, 4.69) is 49.3 Å². The largest absolute Gasteiger partial charge is 0.382 e. The molecule has 0 aliphatic carbocycles. The standard InChI is InChI=1S/C17H18OSi/c1-6-14-10-8-9-11-16(14)17(18)15(7-2)12-13-19(3,4)5/h1,8-11,17-18H,2H2,3-5H3. The summed E-state index contributed by atoms with van der Waals surface area (Å²) in [4.78, 5) is 0. The van der Waals surface area contributed by atoms with Gasteiger partial charge in [-0.2, -0.15) is 0 Å². The highest BCUT2D eigenvalue weighted by Gasteiger charge is 2.15. The molecule has 1 unspecified atom stereocenters. The van der Waals surface area contributed by atoms with Gasteiger partial charge in [-0.1, -0.05) is 56.3 Å². The van der Waals surface area contributed by atoms with E-state index in [0.29, 0.717) is 16.7 Å². The van der Waals surface area contributed by atoms with Gasteiger partial charge in [-0.05, 0) is 6.07 Å². The van der Waals surface area contributed by atoms with Crippen molar-refractivity contribution < 1.29 is 5.11 Å². The van der Waals surface area contributed by atoms with Crippen LogP contribution in [0.5, 0.6) is 0 Å². The molecule has 1 rings (SSSR count). The Hall–Kier alpha value is -1.96. The van der Waals surface area contributed by atoms with Gasteiger partial charge in [-0.25, -0.2) is 0 Å². The molecule has 0 saturated heterocycles. The quantitative estimate of drug-likeness (QED) is 0.495. The molecular weight excluding hydrogens is 248 g/mol. The molecule has 19 heavy (non-hydrogen) atoms. The first-order valence-corrected chi connectivity index (χ1v) is 9.56. The van der Waals surface area contributed by atoms with Crippen LogP contribution in [-0.2, 0) is 0 Å². The first-order valence-electron chi connectivity index (χ1n) is 6.06. The number of rotatable bonds is 2. The number of benzene rings is 1. The molecule has 96 valence electrons. The molecule has 0 radical (unpaired) electrons. The Balaban J connectivity index is 3.17. The molecule has 0 aromatic heterocycles. The van der Waals surface area contributed by atoms with Crippen molar-refractivity contribution >= 4 is 8.07 Å². The van der Waals surface area contributed by atoms with E-state index in [0.717, 1.165) is 0 Å². The molecule has 1 nitrogen and oxygen atoms in total. The van der Waals surface area contributed by atoms with Crippen LogP contribution >= 0.6 is 0 Å². The van der Waals surface area contributed by atoms with E-state index in [1.807, 2.05) is 12.1 Å². The third-order valence-corrected chi connectivity index (χ3v) is 3.32. The number of hydrogen-bond acceptors (Lipinski definition) is 1. The fourth-order valence-electron chi connectivity index (χ4n) is 1.49. The maximum absolute atomic E-state index is 10.4. The van der Waals surface area contributed by atoms with Gasteiger partial charge in [0.15, 0.2) is 0 Å². The highest BCUT2D eigenvalue weighted by Crippen LogP contribution is 2.23. The van der Waals surface area contributed by atoms with Crippen molar-refractivity contribution in [3.63, 3.8) is 0 Å². The van der Waals surface area contributed by atoms with Crippen LogP contribution in [-0.4, -0.2) is 13.2 Å². The van der Waals surface area contributed by atoms with E-state index in [1.165, 1.54) is 0 Å². The van der Waals surface area contributed by atoms with Crippen LogP contribution in [0, 0.1) is 23.8 Å². The third kappa shape index (κ3) is 4.32. The molecule has 0 saturated carbocycles. The molecule has 0 fully saturated rings. The lowest BCUT2D eigenvalue weighted by molar-refractivity contribution is 0.221. The second-order valence-electron chi connectivity index (χ2n) is 5.22. The predicted molar refractivity (Wildman–Crippen MR) is 83.1 cm³/mol. The third-order valence-electron chi connectivity index (χ3n) is 2.45. The van der Waals surface area contributed by atoms with Crippen LogP contribution in [0.15, 0.2) is 42.1 Å². The van der Waals surface area contributed by atoms with E-state index < -0.39 is 14.2 Å². The van der Waals surface area contributed by atoms with E-state index in [4.69, 9.17) is 6.42 Å². The summed E-state index contributed by atoms with van der Waals surface area (Å²) in [5.41, 5.74) is 7.73. The predicted octanol–water partition coefficient (Wildman–Crippen LogP) is 3.29. The molecule has 0 amide bonds. The van der Waals surface area contributed by atoms with Crippen molar-refractivity contribution in [3.8, 4) is 23.8 Å². The summed E-state index contributed by atoms with van der Waals surface area (Å²) in [7, 11) is -1.51. The number of aliphatic hydroxyl groups is 1. The molecule has 0 heterocycles. The lowest BCUT2D eigenvalue weighted by Gasteiger charge is -2.12. The van der Waals surface area contributed by atoms with E-state index in [1.54, 1.807) is 12.1 Å². The van der Waals surface area contributed by atoms with Gasteiger partial charge in [0.05, 0.1) is 5.57 Å². The minimum atomic E-state index is -1.51. The zero-order chi connectivity index (χ0) is 14.5. The van der Waals surface area contributed by atoms with Gasteiger partial charge in [0.25, 0.3) is 0 Å². The molecule has 0 bridgehead atoms. The minimum Gasteiger partial charge on any atom is -0.382 e. The fourth-order valence-corrected chi connectivity index (χ4v) is 2.00. The van der Waals surface area contributed by atoms with E-state index in [9.17, 15) is 5.11 Å². The van der Waals surface area contributed by atoms with Crippen LogP contribution in [0.4, 0.5) is 0 Å². The Morgan fingerprint density at radius 3 is 2.47 bits per heavy atom. The van der Waals surface area contributed by atoms with Crippen molar-refractivity contribution in [2.24, 2.45) is 0 Å². The lowest BCUT2D eigenvalue weighted by Crippen LogP contribution is -2.16. The Morgan fingerprint density at radius 2 is 1.95 bits per heavy atom. The molecule has 0 spiro atoms. The summed E-state index contributed by atoms with van der Waals surface area (Å²) in [6.07, 6.45) is 4.57. The molecule has 1 aromatic rings. The molecule has 1 atom stereocenters. The maximum atomic E-state index is 10.4. The van der Waals surface area contributed by atoms with Crippen LogP contribution in [0.1, 0.15) is 17.2 Å². The highest BCUT2D eigenvalue weighted by molar-refractivity contribution is 6.83. The lowest BCUT2D eigenvalue weighted by atomic mass is 9.98. The minimum absolute atomic E-state index is 0.477. The average Bonchev–Trinajstić information content (AvgIpc) is 2.37. The maximum Gasteiger partial charge on any atom is 0.129 e. The molecule has 1 N–H and O–H groups in total. The summed E-state index contributed by atoms with van der Waals surface area (Å²) < 4.78 is 0. The monoisotopic (exact) mass is 266 g/mol. The van der Waals surface area contributed by atoms with E-state index >= 15 is 0 Å². The van der Waals surface area contributed by atoms with Gasteiger partial charge >= 0.3 is 0 Å². The van der Waals surface area contributed by atoms with Crippen LogP contribution in [0.25, 0.3) is 0 Å². The SMILES string of the molecule is C#Cc1ccccc1C(O)C(=C=C)C#C[Si](C)(C)C. The van der Waals surface area contributed by atoms with Crippen molar-refractivity contribution in [2.75, 3.05) is 0 Å². The van der Waals surface area contributed by atoms with Gasteiger partial charge in [0.2, 0.25) is 0 Å². The molecule has 1 aromatic carbocycles. The first kappa shape index (κ1) is 15.1. The van der Waals surface area contributed by atoms with Gasteiger partial charge < -0.3 is 5.11 Å². The summed E-state index contributed by atoms with van der Waals surface area (Å²) in [5, 5.41) is 10.4. The summed E-state index contributed by atoms with van der Waals surface area (Å²) in [6.45, 7) is 10.0. The first-order chi connectivity index (χ1) is 8.89. The van der Waals surface area contributed by atoms with Crippen LogP contribution in [0.2, 0.25) is 19.6 Å². The van der Waals surface area contributed by atoms with Gasteiger partial charge in [0.1, 0.15) is 14.2 Å². The number of hydrogen-bond donors (Lipinski definition) is 1. The Kier molecular flexibility index (Phi) is 4.99. The van der Waals surface area contributed by atoms with Gasteiger partial charge in [0, 0.05) is 11.1 Å². The Labute approximate surface area is 116 Å². The van der Waals surface area contributed by atoms with Crippen molar-refractivity contribution in [1.29, 1.82) is 0 Å². The zero-order valence-corrected chi connectivity index (χ0v) is 12.6. The molecule has 2 heteroatoms. The normalized spacial score (nSPS) is 11.5. The smallest absolute Gasteiger partial charge is 0.129 e. The average molecular weight is 266 g/mol. The number of aliphatic hydroxyl groups excluding tert-OH is 1. The molecule has 0 aliphatic heterocycles. The van der Waals surface area contributed by atoms with Crippen LogP contribution < -0.4 is 0 Å². The highest BCUT2D eigenvalue weighted by atomic mass is 28.3. The Morgan fingerprint density at radius 1 is 1.32 bits per heavy atom. The van der Waals surface area contributed by atoms with Crippen molar-refractivity contribution in [2.45, 2.75) is 25.7 Å². The van der Waals surface area contributed by atoms with Gasteiger partial charge in [-0.15, -0.1) is 17.7 Å². The van der Waals surface area contributed by atoms with Crippen LogP contribution in [0.3, 0.4) is 0 Å². The van der Waals surface area contributed by atoms with E-state index in [-0.39, 0.29) is 0 Å². The summed E-state index contributed by atoms with van der Waals surface area (Å²) >= 11 is 0. The zero-order valence-electron chi connectivity index (χ0n) is 11.6. The second-order valence-corrected chi connectivity index (χ2v) is 9.97. The fraction of sp³-hybridized carbons (Fsp3) is 0.235. The van der Waals surface area contributed by atoms with Gasteiger partial charge in [-0.3, -0.25) is 0 Å². The summed E-state index contributed by atoms with van der Waals surface area (Å²) in [5.74, 6) is 5.56. The number of terminal acetylenes is 1. The Bertz CT molecular complexity index is 611. The topological polar surface area (TPSA) is 20.2 Å². The molecule has 0 aliphatic rings. The molecular formula is C17H18OSi. The van der Waals surface area contributed by atoms with Crippen molar-refractivity contribution in [3.05, 3.63) is 53.3 Å².